The topological polar surface area (TPSA) is 71.3 Å². The van der Waals surface area contributed by atoms with Gasteiger partial charge in [0.1, 0.15) is 0 Å². The Labute approximate surface area is 126 Å². The molecule has 1 fully saturated rings. The number of nitrogens with zero attached hydrogens (tertiary/aromatic N) is 3. The van der Waals surface area contributed by atoms with E-state index in [9.17, 15) is 10.1 Å². The van der Waals surface area contributed by atoms with Gasteiger partial charge in [0.05, 0.1) is 15.1 Å². The van der Waals surface area contributed by atoms with Crippen molar-refractivity contribution in [2.45, 2.75) is 12.5 Å². The number of fused-ring (bicyclic) bond motifs is 1. The zero-order valence-electron chi connectivity index (χ0n) is 10.9. The highest BCUT2D eigenvalue weighted by Gasteiger charge is 2.22. The van der Waals surface area contributed by atoms with Gasteiger partial charge in [-0.2, -0.15) is 0 Å². The van der Waals surface area contributed by atoms with Crippen molar-refractivity contribution in [2.24, 2.45) is 0 Å². The number of nitro benzene ring substituents is 1. The quantitative estimate of drug-likeness (QED) is 0.696. The summed E-state index contributed by atoms with van der Waals surface area (Å²) in [5.41, 5.74) is 0.793. The number of halogens is 1. The highest BCUT2D eigenvalue weighted by molar-refractivity contribution is 7.22. The van der Waals surface area contributed by atoms with Crippen LogP contribution in [0.4, 0.5) is 10.8 Å². The fraction of sp³-hybridized carbons (Fsp3) is 0.417. The molecule has 1 aromatic carbocycles. The van der Waals surface area contributed by atoms with E-state index in [0.717, 1.165) is 29.3 Å². The van der Waals surface area contributed by atoms with Crippen molar-refractivity contribution in [3.8, 4) is 0 Å². The summed E-state index contributed by atoms with van der Waals surface area (Å²) in [5, 5.41) is 15.0. The summed E-state index contributed by atoms with van der Waals surface area (Å²) >= 11 is 1.58. The standard InChI is InChI=1S/C12H14N4O2S.ClH/c1-15(9-4-5-13-7-9)12-14-10-6-8(16(17)18)2-3-11(10)19-12;/h2-3,6,9,13H,4-5,7H2,1H3;1H/t9-;/m0./s1. The summed E-state index contributed by atoms with van der Waals surface area (Å²) in [4.78, 5) is 17.0. The molecule has 0 bridgehead atoms. The second-order valence-electron chi connectivity index (χ2n) is 4.66. The number of benzene rings is 1. The lowest BCUT2D eigenvalue weighted by molar-refractivity contribution is -0.384. The molecule has 8 heteroatoms. The van der Waals surface area contributed by atoms with E-state index in [1.165, 1.54) is 12.1 Å². The molecule has 2 aromatic rings. The normalized spacial score (nSPS) is 17.9. The van der Waals surface area contributed by atoms with Crippen molar-refractivity contribution in [3.63, 3.8) is 0 Å². The molecule has 0 radical (unpaired) electrons. The van der Waals surface area contributed by atoms with E-state index in [-0.39, 0.29) is 23.0 Å². The molecule has 1 aliphatic heterocycles. The number of nitrogens with one attached hydrogen (secondary N) is 1. The van der Waals surface area contributed by atoms with Crippen LogP contribution in [0.25, 0.3) is 10.2 Å². The van der Waals surface area contributed by atoms with Crippen LogP contribution in [-0.2, 0) is 0 Å². The zero-order chi connectivity index (χ0) is 13.4. The van der Waals surface area contributed by atoms with Gasteiger partial charge in [0, 0.05) is 31.8 Å². The number of hydrogen-bond acceptors (Lipinski definition) is 6. The van der Waals surface area contributed by atoms with Gasteiger partial charge in [-0.25, -0.2) is 4.98 Å². The lowest BCUT2D eigenvalue weighted by atomic mass is 10.2. The zero-order valence-corrected chi connectivity index (χ0v) is 12.5. The van der Waals surface area contributed by atoms with Gasteiger partial charge >= 0.3 is 0 Å². The minimum absolute atomic E-state index is 0. The number of aromatic nitrogens is 1. The van der Waals surface area contributed by atoms with Crippen molar-refractivity contribution < 1.29 is 4.92 Å². The van der Waals surface area contributed by atoms with E-state index in [4.69, 9.17) is 0 Å². The molecule has 20 heavy (non-hydrogen) atoms. The molecule has 0 unspecified atom stereocenters. The molecule has 2 heterocycles. The van der Waals surface area contributed by atoms with Gasteiger partial charge in [-0.3, -0.25) is 10.1 Å². The number of likely N-dealkylation sites (N-methyl/N-ethyl adjacent to an activating group) is 1. The van der Waals surface area contributed by atoms with Gasteiger partial charge in [-0.05, 0) is 19.0 Å². The monoisotopic (exact) mass is 314 g/mol. The predicted molar refractivity (Wildman–Crippen MR) is 83.2 cm³/mol. The highest BCUT2D eigenvalue weighted by Crippen LogP contribution is 2.31. The third kappa shape index (κ3) is 2.70. The van der Waals surface area contributed by atoms with E-state index in [2.05, 4.69) is 15.2 Å². The van der Waals surface area contributed by atoms with E-state index in [0.29, 0.717) is 11.6 Å². The van der Waals surface area contributed by atoms with Crippen molar-refractivity contribution >= 4 is 44.8 Å². The smallest absolute Gasteiger partial charge is 0.271 e. The fourth-order valence-corrected chi connectivity index (χ4v) is 3.27. The maximum absolute atomic E-state index is 10.8. The average Bonchev–Trinajstić information content (AvgIpc) is 3.06. The van der Waals surface area contributed by atoms with E-state index in [1.807, 2.05) is 7.05 Å². The summed E-state index contributed by atoms with van der Waals surface area (Å²) in [5.74, 6) is 0. The Morgan fingerprint density at radius 3 is 3.00 bits per heavy atom. The van der Waals surface area contributed by atoms with Crippen LogP contribution in [0.5, 0.6) is 0 Å². The first-order valence-corrected chi connectivity index (χ1v) is 6.95. The van der Waals surface area contributed by atoms with Gasteiger partial charge in [0.25, 0.3) is 5.69 Å². The molecule has 108 valence electrons. The van der Waals surface area contributed by atoms with Crippen LogP contribution < -0.4 is 10.2 Å². The molecule has 1 aliphatic rings. The highest BCUT2D eigenvalue weighted by atomic mass is 35.5. The molecule has 3 rings (SSSR count). The van der Waals surface area contributed by atoms with Crippen LogP contribution in [0.15, 0.2) is 18.2 Å². The van der Waals surface area contributed by atoms with Crippen LogP contribution in [0, 0.1) is 10.1 Å². The summed E-state index contributed by atoms with van der Waals surface area (Å²) < 4.78 is 0.985. The number of hydrogen-bond donors (Lipinski definition) is 1. The number of rotatable bonds is 3. The molecule has 0 saturated carbocycles. The summed E-state index contributed by atoms with van der Waals surface area (Å²) in [6.07, 6.45) is 1.10. The molecule has 1 atom stereocenters. The van der Waals surface area contributed by atoms with Crippen LogP contribution in [0.3, 0.4) is 0 Å². The van der Waals surface area contributed by atoms with Crippen LogP contribution in [0.2, 0.25) is 0 Å². The molecule has 0 spiro atoms. The Bertz CT molecular complexity index is 627. The first kappa shape index (κ1) is 15.0. The number of thiazole rings is 1. The third-order valence-corrected chi connectivity index (χ3v) is 4.58. The molecule has 1 N–H and O–H groups in total. The second-order valence-corrected chi connectivity index (χ2v) is 5.67. The van der Waals surface area contributed by atoms with Crippen molar-refractivity contribution in [2.75, 3.05) is 25.0 Å². The Morgan fingerprint density at radius 2 is 2.35 bits per heavy atom. The first-order chi connectivity index (χ1) is 9.15. The average molecular weight is 315 g/mol. The largest absolute Gasteiger partial charge is 0.347 e. The van der Waals surface area contributed by atoms with Crippen molar-refractivity contribution in [1.82, 2.24) is 10.3 Å². The summed E-state index contributed by atoms with van der Waals surface area (Å²) in [7, 11) is 2.03. The Morgan fingerprint density at radius 1 is 1.55 bits per heavy atom. The van der Waals surface area contributed by atoms with Gasteiger partial charge in [-0.1, -0.05) is 11.3 Å². The predicted octanol–water partition coefficient (Wildman–Crippen LogP) is 2.42. The molecule has 1 saturated heterocycles. The van der Waals surface area contributed by atoms with E-state index >= 15 is 0 Å². The number of nitro groups is 1. The van der Waals surface area contributed by atoms with Gasteiger partial charge in [-0.15, -0.1) is 12.4 Å². The Hall–Kier alpha value is -1.44. The maximum atomic E-state index is 10.8. The van der Waals surface area contributed by atoms with E-state index < -0.39 is 0 Å². The van der Waals surface area contributed by atoms with Gasteiger partial charge in [0.15, 0.2) is 5.13 Å². The van der Waals surface area contributed by atoms with Crippen LogP contribution in [-0.4, -0.2) is 36.1 Å². The summed E-state index contributed by atoms with van der Waals surface area (Å²) in [6, 6.07) is 5.29. The molecular formula is C12H15ClN4O2S. The van der Waals surface area contributed by atoms with Crippen LogP contribution >= 0.6 is 23.7 Å². The Kier molecular flexibility index (Phi) is 4.42. The minimum atomic E-state index is -0.386. The SMILES string of the molecule is CN(c1nc2cc([N+](=O)[O-])ccc2s1)[C@H]1CCNC1.Cl. The Balaban J connectivity index is 0.00000147. The lowest BCUT2D eigenvalue weighted by Crippen LogP contribution is -2.33. The van der Waals surface area contributed by atoms with Crippen LogP contribution in [0.1, 0.15) is 6.42 Å². The summed E-state index contributed by atoms with van der Waals surface area (Å²) in [6.45, 7) is 2.00. The number of anilines is 1. The van der Waals surface area contributed by atoms with Crippen molar-refractivity contribution in [1.29, 1.82) is 0 Å². The molecule has 1 aromatic heterocycles. The van der Waals surface area contributed by atoms with Gasteiger partial charge < -0.3 is 10.2 Å². The molecule has 0 amide bonds. The minimum Gasteiger partial charge on any atom is -0.347 e. The molecule has 6 nitrogen and oxygen atoms in total. The third-order valence-electron chi connectivity index (χ3n) is 3.45. The molecule has 0 aliphatic carbocycles. The second kappa shape index (κ2) is 5.90. The van der Waals surface area contributed by atoms with Crippen molar-refractivity contribution in [3.05, 3.63) is 28.3 Å². The van der Waals surface area contributed by atoms with E-state index in [1.54, 1.807) is 17.4 Å². The molecular weight excluding hydrogens is 300 g/mol. The van der Waals surface area contributed by atoms with Gasteiger partial charge in [0.2, 0.25) is 0 Å². The number of non-ortho nitro benzene ring substituents is 1. The first-order valence-electron chi connectivity index (χ1n) is 6.13. The fourth-order valence-electron chi connectivity index (χ4n) is 2.29. The maximum Gasteiger partial charge on any atom is 0.271 e. The lowest BCUT2D eigenvalue weighted by Gasteiger charge is -2.22.